The lowest BCUT2D eigenvalue weighted by Crippen LogP contribution is -2.31. The van der Waals surface area contributed by atoms with Gasteiger partial charge in [-0.1, -0.05) is 0 Å². The van der Waals surface area contributed by atoms with Crippen LogP contribution in [0.1, 0.15) is 19.3 Å². The molecule has 0 aromatic carbocycles. The smallest absolute Gasteiger partial charge is 0.220 e. The lowest BCUT2D eigenvalue weighted by atomic mass is 10.0. The molecule has 0 radical (unpaired) electrons. The van der Waals surface area contributed by atoms with Gasteiger partial charge in [-0.05, 0) is 45.9 Å². The van der Waals surface area contributed by atoms with Crippen LogP contribution < -0.4 is 10.6 Å². The molecule has 0 bridgehead atoms. The van der Waals surface area contributed by atoms with Crippen LogP contribution in [0.2, 0.25) is 0 Å². The molecule has 1 atom stereocenters. The molecule has 5 heteroatoms. The third-order valence-electron chi connectivity index (χ3n) is 2.82. The van der Waals surface area contributed by atoms with Gasteiger partial charge in [-0.25, -0.2) is 0 Å². The van der Waals surface area contributed by atoms with Crippen molar-refractivity contribution in [1.29, 1.82) is 0 Å². The van der Waals surface area contributed by atoms with Crippen molar-refractivity contribution in [3.8, 4) is 0 Å². The molecule has 96 valence electrons. The number of carbonyl (C=O) groups excluding carboxylic acids is 1. The van der Waals surface area contributed by atoms with E-state index in [0.717, 1.165) is 32.6 Å². The molecule has 16 heavy (non-hydrogen) atoms. The Morgan fingerprint density at radius 2 is 2.25 bits per heavy atom. The summed E-state index contributed by atoms with van der Waals surface area (Å²) < 4.78 is 0. The molecular weight excluding hydrogens is 226 g/mol. The van der Waals surface area contributed by atoms with Crippen LogP contribution in [0, 0.1) is 5.92 Å². The second-order valence-corrected chi connectivity index (χ2v) is 4.55. The van der Waals surface area contributed by atoms with Crippen LogP contribution in [0.5, 0.6) is 0 Å². The van der Waals surface area contributed by atoms with Gasteiger partial charge in [0.1, 0.15) is 0 Å². The minimum atomic E-state index is 0. The van der Waals surface area contributed by atoms with E-state index in [1.807, 2.05) is 14.1 Å². The monoisotopic (exact) mass is 249 g/mol. The molecule has 0 aromatic rings. The number of nitrogens with zero attached hydrogens (tertiary/aromatic N) is 1. The van der Waals surface area contributed by atoms with Crippen molar-refractivity contribution in [2.24, 2.45) is 5.92 Å². The number of carbonyl (C=O) groups is 1. The van der Waals surface area contributed by atoms with Gasteiger partial charge in [0.15, 0.2) is 0 Å². The van der Waals surface area contributed by atoms with Crippen LogP contribution >= 0.6 is 12.4 Å². The summed E-state index contributed by atoms with van der Waals surface area (Å²) in [6, 6.07) is 0. The summed E-state index contributed by atoms with van der Waals surface area (Å²) in [5.74, 6) is 0.911. The SMILES string of the molecule is CN(C)CCNC(=O)CCC1CCNC1.Cl. The van der Waals surface area contributed by atoms with Crippen molar-refractivity contribution in [3.05, 3.63) is 0 Å². The second kappa shape index (κ2) is 8.79. The third-order valence-corrected chi connectivity index (χ3v) is 2.82. The normalized spacial score (nSPS) is 19.6. The molecular formula is C11H24ClN3O. The fourth-order valence-electron chi connectivity index (χ4n) is 1.80. The lowest BCUT2D eigenvalue weighted by molar-refractivity contribution is -0.121. The Balaban J connectivity index is 0.00000225. The van der Waals surface area contributed by atoms with Gasteiger partial charge in [0.25, 0.3) is 0 Å². The molecule has 1 saturated heterocycles. The first kappa shape index (κ1) is 15.7. The van der Waals surface area contributed by atoms with Gasteiger partial charge in [-0.2, -0.15) is 0 Å². The highest BCUT2D eigenvalue weighted by atomic mass is 35.5. The summed E-state index contributed by atoms with van der Waals surface area (Å²) in [5.41, 5.74) is 0. The van der Waals surface area contributed by atoms with E-state index in [0.29, 0.717) is 12.3 Å². The van der Waals surface area contributed by atoms with Gasteiger partial charge in [0.2, 0.25) is 5.91 Å². The summed E-state index contributed by atoms with van der Waals surface area (Å²) in [7, 11) is 4.02. The minimum Gasteiger partial charge on any atom is -0.355 e. The van der Waals surface area contributed by atoms with Crippen molar-refractivity contribution in [2.45, 2.75) is 19.3 Å². The highest BCUT2D eigenvalue weighted by Crippen LogP contribution is 2.13. The van der Waals surface area contributed by atoms with E-state index in [1.54, 1.807) is 0 Å². The van der Waals surface area contributed by atoms with Gasteiger partial charge in [0.05, 0.1) is 0 Å². The van der Waals surface area contributed by atoms with Crippen LogP contribution in [-0.4, -0.2) is 51.1 Å². The average Bonchev–Trinajstić information content (AvgIpc) is 2.66. The van der Waals surface area contributed by atoms with E-state index in [9.17, 15) is 4.79 Å². The Labute approximate surface area is 105 Å². The summed E-state index contributed by atoms with van der Waals surface area (Å²) >= 11 is 0. The van der Waals surface area contributed by atoms with E-state index in [4.69, 9.17) is 0 Å². The van der Waals surface area contributed by atoms with Crippen LogP contribution in [0.4, 0.5) is 0 Å². The van der Waals surface area contributed by atoms with Crippen molar-refractivity contribution in [3.63, 3.8) is 0 Å². The zero-order chi connectivity index (χ0) is 11.1. The van der Waals surface area contributed by atoms with Crippen molar-refractivity contribution in [2.75, 3.05) is 40.3 Å². The van der Waals surface area contributed by atoms with E-state index < -0.39 is 0 Å². The Hall–Kier alpha value is -0.320. The van der Waals surface area contributed by atoms with Gasteiger partial charge in [-0.15, -0.1) is 12.4 Å². The van der Waals surface area contributed by atoms with Gasteiger partial charge in [0, 0.05) is 19.5 Å². The summed E-state index contributed by atoms with van der Waals surface area (Å²) in [4.78, 5) is 13.5. The van der Waals surface area contributed by atoms with Crippen LogP contribution in [-0.2, 0) is 4.79 Å². The minimum absolute atomic E-state index is 0. The molecule has 0 aromatic heterocycles. The number of nitrogens with one attached hydrogen (secondary N) is 2. The molecule has 1 aliphatic rings. The van der Waals surface area contributed by atoms with Gasteiger partial charge >= 0.3 is 0 Å². The van der Waals surface area contributed by atoms with E-state index in [-0.39, 0.29) is 18.3 Å². The highest BCUT2D eigenvalue weighted by molar-refractivity contribution is 5.85. The molecule has 4 nitrogen and oxygen atoms in total. The Bertz CT molecular complexity index is 194. The number of likely N-dealkylation sites (N-methyl/N-ethyl adjacent to an activating group) is 1. The predicted molar refractivity (Wildman–Crippen MR) is 69.0 cm³/mol. The third kappa shape index (κ3) is 7.04. The average molecular weight is 250 g/mol. The van der Waals surface area contributed by atoms with Crippen molar-refractivity contribution < 1.29 is 4.79 Å². The van der Waals surface area contributed by atoms with Crippen LogP contribution in [0.25, 0.3) is 0 Å². The standard InChI is InChI=1S/C11H23N3O.ClH/c1-14(2)8-7-13-11(15)4-3-10-5-6-12-9-10;/h10,12H,3-9H2,1-2H3,(H,13,15);1H. The number of amides is 1. The number of hydrogen-bond acceptors (Lipinski definition) is 3. The quantitative estimate of drug-likeness (QED) is 0.720. The van der Waals surface area contributed by atoms with Gasteiger partial charge < -0.3 is 15.5 Å². The second-order valence-electron chi connectivity index (χ2n) is 4.55. The molecule has 2 N–H and O–H groups in total. The molecule has 1 unspecified atom stereocenters. The Morgan fingerprint density at radius 3 is 2.81 bits per heavy atom. The fraction of sp³-hybridized carbons (Fsp3) is 0.909. The zero-order valence-corrected chi connectivity index (χ0v) is 11.1. The Kier molecular flexibility index (Phi) is 8.61. The molecule has 1 rings (SSSR count). The van der Waals surface area contributed by atoms with Crippen molar-refractivity contribution >= 4 is 18.3 Å². The number of halogens is 1. The molecule has 0 aliphatic carbocycles. The molecule has 1 heterocycles. The van der Waals surface area contributed by atoms with Gasteiger partial charge in [-0.3, -0.25) is 4.79 Å². The summed E-state index contributed by atoms with van der Waals surface area (Å²) in [6.07, 6.45) is 2.94. The maximum atomic E-state index is 11.4. The molecule has 1 amide bonds. The largest absolute Gasteiger partial charge is 0.355 e. The predicted octanol–water partition coefficient (Wildman–Crippen LogP) is 0.476. The van der Waals surface area contributed by atoms with E-state index >= 15 is 0 Å². The number of hydrogen-bond donors (Lipinski definition) is 2. The molecule has 0 spiro atoms. The molecule has 1 fully saturated rings. The topological polar surface area (TPSA) is 44.4 Å². The highest BCUT2D eigenvalue weighted by Gasteiger charge is 2.15. The summed E-state index contributed by atoms with van der Waals surface area (Å²) in [5, 5.41) is 6.25. The first-order valence-corrected chi connectivity index (χ1v) is 5.80. The van der Waals surface area contributed by atoms with Crippen molar-refractivity contribution in [1.82, 2.24) is 15.5 Å². The summed E-state index contributed by atoms with van der Waals surface area (Å²) in [6.45, 7) is 3.88. The maximum absolute atomic E-state index is 11.4. The van der Waals surface area contributed by atoms with E-state index in [2.05, 4.69) is 15.5 Å². The molecule has 0 saturated carbocycles. The first-order chi connectivity index (χ1) is 7.18. The Morgan fingerprint density at radius 1 is 1.50 bits per heavy atom. The number of rotatable bonds is 6. The molecule has 1 aliphatic heterocycles. The maximum Gasteiger partial charge on any atom is 0.220 e. The zero-order valence-electron chi connectivity index (χ0n) is 10.3. The van der Waals surface area contributed by atoms with Crippen LogP contribution in [0.15, 0.2) is 0 Å². The first-order valence-electron chi connectivity index (χ1n) is 5.80. The van der Waals surface area contributed by atoms with E-state index in [1.165, 1.54) is 6.42 Å². The lowest BCUT2D eigenvalue weighted by Gasteiger charge is -2.11. The van der Waals surface area contributed by atoms with Crippen LogP contribution in [0.3, 0.4) is 0 Å². The fourth-order valence-corrected chi connectivity index (χ4v) is 1.80.